The van der Waals surface area contributed by atoms with Gasteiger partial charge in [-0.1, -0.05) is 101 Å². The number of hydrogen-bond donors (Lipinski definition) is 2. The van der Waals surface area contributed by atoms with Gasteiger partial charge in [-0.25, -0.2) is 0 Å². The SMILES string of the molecule is CCCCC[C@H]1N[C@@H](C(C)CC)C(CC)(CC)O1.CCCC[C@H]1N[C@@H](C(C)CC)C(CC)(CC)O1. The second kappa shape index (κ2) is 16.6. The number of rotatable bonds is 15. The summed E-state index contributed by atoms with van der Waals surface area (Å²) < 4.78 is 12.8. The molecule has 210 valence electrons. The highest BCUT2D eigenvalue weighted by Gasteiger charge is 2.48. The highest BCUT2D eigenvalue weighted by atomic mass is 16.5. The minimum absolute atomic E-state index is 0.0757. The fourth-order valence-electron chi connectivity index (χ4n) is 6.29. The van der Waals surface area contributed by atoms with Crippen molar-refractivity contribution in [2.45, 2.75) is 188 Å². The van der Waals surface area contributed by atoms with Crippen molar-refractivity contribution in [1.29, 1.82) is 0 Å². The van der Waals surface area contributed by atoms with E-state index in [9.17, 15) is 0 Å². The van der Waals surface area contributed by atoms with Crippen molar-refractivity contribution in [3.8, 4) is 0 Å². The summed E-state index contributed by atoms with van der Waals surface area (Å²) in [4.78, 5) is 0. The Kier molecular flexibility index (Phi) is 15.6. The first kappa shape index (κ1) is 32.9. The molecule has 4 heteroatoms. The van der Waals surface area contributed by atoms with E-state index < -0.39 is 0 Å². The zero-order chi connectivity index (χ0) is 26.5. The van der Waals surface area contributed by atoms with Crippen LogP contribution in [-0.4, -0.2) is 35.7 Å². The van der Waals surface area contributed by atoms with Gasteiger partial charge in [0, 0.05) is 12.1 Å². The Morgan fingerprint density at radius 3 is 1.26 bits per heavy atom. The van der Waals surface area contributed by atoms with Crippen molar-refractivity contribution in [3.05, 3.63) is 0 Å². The lowest BCUT2D eigenvalue weighted by Gasteiger charge is -2.35. The Bertz CT molecular complexity index is 532. The second-order valence-electron chi connectivity index (χ2n) is 11.5. The van der Waals surface area contributed by atoms with Crippen molar-refractivity contribution in [1.82, 2.24) is 10.6 Å². The molecule has 2 heterocycles. The van der Waals surface area contributed by atoms with Crippen LogP contribution in [0, 0.1) is 11.8 Å². The van der Waals surface area contributed by atoms with Gasteiger partial charge in [0.1, 0.15) is 12.5 Å². The van der Waals surface area contributed by atoms with Gasteiger partial charge in [-0.15, -0.1) is 0 Å². The van der Waals surface area contributed by atoms with E-state index in [4.69, 9.17) is 9.47 Å². The molecule has 2 aliphatic heterocycles. The first-order valence-electron chi connectivity index (χ1n) is 15.6. The Labute approximate surface area is 220 Å². The van der Waals surface area contributed by atoms with Crippen LogP contribution in [-0.2, 0) is 9.47 Å². The van der Waals surface area contributed by atoms with Gasteiger partial charge in [0.2, 0.25) is 0 Å². The number of hydrogen-bond acceptors (Lipinski definition) is 4. The van der Waals surface area contributed by atoms with Gasteiger partial charge in [-0.2, -0.15) is 0 Å². The third kappa shape index (κ3) is 8.69. The zero-order valence-electron chi connectivity index (χ0n) is 25.5. The predicted molar refractivity (Wildman–Crippen MR) is 153 cm³/mol. The topological polar surface area (TPSA) is 42.5 Å². The normalized spacial score (nSPS) is 29.0. The van der Waals surface area contributed by atoms with Gasteiger partial charge < -0.3 is 9.47 Å². The summed E-state index contributed by atoms with van der Waals surface area (Å²) in [5.74, 6) is 1.39. The molecule has 2 rings (SSSR count). The highest BCUT2D eigenvalue weighted by Crippen LogP contribution is 2.38. The van der Waals surface area contributed by atoms with Gasteiger partial charge in [0.25, 0.3) is 0 Å². The van der Waals surface area contributed by atoms with E-state index in [1.807, 2.05) is 0 Å². The van der Waals surface area contributed by atoms with E-state index in [0.717, 1.165) is 32.1 Å². The molecule has 35 heavy (non-hydrogen) atoms. The molecule has 6 atom stereocenters. The second-order valence-corrected chi connectivity index (χ2v) is 11.5. The number of ether oxygens (including phenoxy) is 2. The highest BCUT2D eigenvalue weighted by molar-refractivity contribution is 5.01. The molecule has 4 nitrogen and oxygen atoms in total. The van der Waals surface area contributed by atoms with Crippen LogP contribution in [0.5, 0.6) is 0 Å². The maximum absolute atomic E-state index is 6.42. The average Bonchev–Trinajstić information content (AvgIpc) is 3.46. The molecule has 2 unspecified atom stereocenters. The molecule has 2 fully saturated rings. The van der Waals surface area contributed by atoms with Crippen molar-refractivity contribution in [2.75, 3.05) is 0 Å². The summed E-state index contributed by atoms with van der Waals surface area (Å²) in [6.07, 6.45) is 16.2. The molecule has 0 aromatic heterocycles. The van der Waals surface area contributed by atoms with Crippen LogP contribution in [0.25, 0.3) is 0 Å². The number of nitrogens with one attached hydrogen (secondary N) is 2. The molecule has 2 saturated heterocycles. The summed E-state index contributed by atoms with van der Waals surface area (Å²) in [6, 6.07) is 1.06. The molecular formula is C31H64N2O2. The standard InChI is InChI=1S/C16H33NO.C15H31NO/c1-6-10-11-12-14-17-15(13(5)7-2)16(8-3,9-4)18-14;1-6-10-11-13-16-14(12(5)7-2)15(8-3,9-4)17-13/h13-15,17H,6-12H2,1-5H3;12-14,16H,6-11H2,1-5H3/t13?,14-,15-;12?,13-,14-/m00/s1. The Morgan fingerprint density at radius 2 is 0.943 bits per heavy atom. The lowest BCUT2D eigenvalue weighted by molar-refractivity contribution is -0.0617. The van der Waals surface area contributed by atoms with Crippen molar-refractivity contribution >= 4 is 0 Å². The van der Waals surface area contributed by atoms with Gasteiger partial charge in [0.15, 0.2) is 0 Å². The third-order valence-electron chi connectivity index (χ3n) is 9.33. The molecule has 0 aliphatic carbocycles. The van der Waals surface area contributed by atoms with E-state index in [-0.39, 0.29) is 23.7 Å². The van der Waals surface area contributed by atoms with E-state index in [1.54, 1.807) is 0 Å². The van der Waals surface area contributed by atoms with E-state index in [2.05, 4.69) is 79.9 Å². The van der Waals surface area contributed by atoms with Crippen molar-refractivity contribution < 1.29 is 9.47 Å². The molecule has 0 aromatic rings. The first-order valence-corrected chi connectivity index (χ1v) is 15.6. The van der Waals surface area contributed by atoms with E-state index in [1.165, 1.54) is 51.4 Å². The lowest BCUT2D eigenvalue weighted by Crippen LogP contribution is -2.47. The van der Waals surface area contributed by atoms with Crippen LogP contribution in [0.2, 0.25) is 0 Å². The monoisotopic (exact) mass is 496 g/mol. The van der Waals surface area contributed by atoms with Crippen LogP contribution >= 0.6 is 0 Å². The molecule has 2 N–H and O–H groups in total. The minimum Gasteiger partial charge on any atom is -0.355 e. The van der Waals surface area contributed by atoms with Crippen LogP contribution in [0.1, 0.15) is 153 Å². The Balaban J connectivity index is 0.000000351. The maximum atomic E-state index is 6.42. The van der Waals surface area contributed by atoms with Crippen molar-refractivity contribution in [2.24, 2.45) is 11.8 Å². The van der Waals surface area contributed by atoms with E-state index >= 15 is 0 Å². The number of unbranched alkanes of at least 4 members (excludes halogenated alkanes) is 3. The molecule has 0 aromatic carbocycles. The molecule has 0 spiro atoms. The molecular weight excluding hydrogens is 432 g/mol. The zero-order valence-corrected chi connectivity index (χ0v) is 25.5. The molecule has 0 bridgehead atoms. The Morgan fingerprint density at radius 1 is 0.571 bits per heavy atom. The minimum atomic E-state index is 0.0757. The van der Waals surface area contributed by atoms with Crippen LogP contribution < -0.4 is 10.6 Å². The largest absolute Gasteiger partial charge is 0.355 e. The Hall–Kier alpha value is -0.160. The van der Waals surface area contributed by atoms with Crippen molar-refractivity contribution in [3.63, 3.8) is 0 Å². The summed E-state index contributed by atoms with van der Waals surface area (Å²) in [7, 11) is 0. The lowest BCUT2D eigenvalue weighted by atomic mass is 9.81. The average molecular weight is 497 g/mol. The first-order chi connectivity index (χ1) is 16.8. The van der Waals surface area contributed by atoms with Crippen LogP contribution in [0.4, 0.5) is 0 Å². The molecule has 0 amide bonds. The van der Waals surface area contributed by atoms with Gasteiger partial charge in [-0.3, -0.25) is 10.6 Å². The molecule has 2 aliphatic rings. The summed E-state index contributed by atoms with van der Waals surface area (Å²) in [6.45, 7) is 22.9. The van der Waals surface area contributed by atoms with Gasteiger partial charge in [-0.05, 0) is 63.2 Å². The van der Waals surface area contributed by atoms with E-state index in [0.29, 0.717) is 23.9 Å². The molecule has 0 saturated carbocycles. The molecule has 0 radical (unpaired) electrons. The third-order valence-corrected chi connectivity index (χ3v) is 9.33. The quantitative estimate of drug-likeness (QED) is 0.223. The summed E-state index contributed by atoms with van der Waals surface area (Å²) in [5, 5.41) is 7.52. The fraction of sp³-hybridized carbons (Fsp3) is 1.00. The summed E-state index contributed by atoms with van der Waals surface area (Å²) >= 11 is 0. The smallest absolute Gasteiger partial charge is 0.109 e. The summed E-state index contributed by atoms with van der Waals surface area (Å²) in [5.41, 5.74) is 0.153. The van der Waals surface area contributed by atoms with Crippen LogP contribution in [0.3, 0.4) is 0 Å². The van der Waals surface area contributed by atoms with Crippen LogP contribution in [0.15, 0.2) is 0 Å². The fourth-order valence-corrected chi connectivity index (χ4v) is 6.29. The maximum Gasteiger partial charge on any atom is 0.109 e. The van der Waals surface area contributed by atoms with Gasteiger partial charge in [0.05, 0.1) is 11.2 Å². The van der Waals surface area contributed by atoms with Gasteiger partial charge >= 0.3 is 0 Å². The predicted octanol–water partition coefficient (Wildman–Crippen LogP) is 8.58.